The Morgan fingerprint density at radius 1 is 1.29 bits per heavy atom. The quantitative estimate of drug-likeness (QED) is 0.245. The molecule has 1 aromatic carbocycles. The summed E-state index contributed by atoms with van der Waals surface area (Å²) in [7, 11) is 0. The van der Waals surface area contributed by atoms with Gasteiger partial charge in [-0.3, -0.25) is 14.5 Å². The minimum absolute atomic E-state index is 0. The molecule has 1 fully saturated rings. The van der Waals surface area contributed by atoms with Crippen molar-refractivity contribution in [2.75, 3.05) is 26.2 Å². The first-order valence-corrected chi connectivity index (χ1v) is 9.27. The molecule has 1 unspecified atom stereocenters. The molecule has 1 aromatic rings. The van der Waals surface area contributed by atoms with Crippen LogP contribution >= 0.6 is 24.0 Å². The van der Waals surface area contributed by atoms with E-state index in [2.05, 4.69) is 15.6 Å². The summed E-state index contributed by atoms with van der Waals surface area (Å²) in [5.74, 6) is 0.445. The third-order valence-electron chi connectivity index (χ3n) is 4.00. The number of hydrogen-bond acceptors (Lipinski definition) is 4. The number of benzene rings is 1. The second kappa shape index (κ2) is 12.5. The van der Waals surface area contributed by atoms with Crippen LogP contribution in [0.3, 0.4) is 0 Å². The third kappa shape index (κ3) is 7.99. The number of ether oxygens (including phenoxy) is 1. The number of piperidine rings is 1. The van der Waals surface area contributed by atoms with Crippen LogP contribution in [-0.2, 0) is 9.59 Å². The predicted molar refractivity (Wildman–Crippen MR) is 116 cm³/mol. The van der Waals surface area contributed by atoms with Crippen LogP contribution in [0.25, 0.3) is 0 Å². The van der Waals surface area contributed by atoms with Crippen molar-refractivity contribution in [3.8, 4) is 5.75 Å². The molecule has 0 bridgehead atoms. The molecule has 0 radical (unpaired) electrons. The van der Waals surface area contributed by atoms with E-state index in [1.165, 1.54) is 17.0 Å². The van der Waals surface area contributed by atoms with Gasteiger partial charge in [0.1, 0.15) is 17.7 Å². The smallest absolute Gasteiger partial charge is 0.229 e. The van der Waals surface area contributed by atoms with E-state index < -0.39 is 0 Å². The van der Waals surface area contributed by atoms with Crippen LogP contribution in [0, 0.1) is 5.82 Å². The van der Waals surface area contributed by atoms with Gasteiger partial charge in [-0.1, -0.05) is 6.07 Å². The zero-order chi connectivity index (χ0) is 19.6. The Kier molecular flexibility index (Phi) is 10.8. The molecule has 1 heterocycles. The van der Waals surface area contributed by atoms with E-state index in [9.17, 15) is 14.0 Å². The van der Waals surface area contributed by atoms with Gasteiger partial charge in [-0.2, -0.15) is 0 Å². The summed E-state index contributed by atoms with van der Waals surface area (Å²) < 4.78 is 18.9. The molecule has 0 spiro atoms. The molecule has 156 valence electrons. The molecule has 1 saturated heterocycles. The fourth-order valence-corrected chi connectivity index (χ4v) is 2.71. The van der Waals surface area contributed by atoms with Gasteiger partial charge in [-0.05, 0) is 32.4 Å². The zero-order valence-corrected chi connectivity index (χ0v) is 18.6. The topological polar surface area (TPSA) is 83.0 Å². The number of carbonyl (C=O) groups excluding carboxylic acids is 2. The number of carbonyl (C=O) groups is 2. The van der Waals surface area contributed by atoms with Crippen molar-refractivity contribution in [2.45, 2.75) is 39.2 Å². The predicted octanol–water partition coefficient (Wildman–Crippen LogP) is 2.31. The first-order valence-electron chi connectivity index (χ1n) is 9.27. The monoisotopic (exact) mass is 506 g/mol. The maximum atomic E-state index is 13.2. The van der Waals surface area contributed by atoms with Gasteiger partial charge in [0.05, 0.1) is 6.54 Å². The number of amides is 2. The summed E-state index contributed by atoms with van der Waals surface area (Å²) in [6.45, 7) is 5.57. The van der Waals surface area contributed by atoms with Crippen molar-refractivity contribution in [2.24, 2.45) is 4.99 Å². The summed E-state index contributed by atoms with van der Waals surface area (Å²) in [4.78, 5) is 29.4. The highest BCUT2D eigenvalue weighted by molar-refractivity contribution is 14.0. The Bertz CT molecular complexity index is 671. The third-order valence-corrected chi connectivity index (χ3v) is 4.00. The molecule has 2 amide bonds. The lowest BCUT2D eigenvalue weighted by Crippen LogP contribution is -2.46. The number of likely N-dealkylation sites (tertiary alicyclic amines) is 1. The normalized spacial score (nSPS) is 15.7. The van der Waals surface area contributed by atoms with Gasteiger partial charge in [0.25, 0.3) is 0 Å². The van der Waals surface area contributed by atoms with Crippen molar-refractivity contribution in [1.82, 2.24) is 15.5 Å². The Morgan fingerprint density at radius 3 is 2.64 bits per heavy atom. The number of rotatable bonds is 8. The standard InChI is InChI=1S/C19H27FN4O3.HI/c1-3-21-19(22-10-11-24-17(25)8-5-9-18(24)26)23-13-14(2)27-16-7-4-6-15(20)12-16;/h4,6-7,12,14H,3,5,8-11,13H2,1-2H3,(H2,21,22,23);1H. The van der Waals surface area contributed by atoms with Crippen LogP contribution in [0.15, 0.2) is 29.3 Å². The van der Waals surface area contributed by atoms with Crippen LogP contribution in [0.2, 0.25) is 0 Å². The van der Waals surface area contributed by atoms with Crippen molar-refractivity contribution in [1.29, 1.82) is 0 Å². The summed E-state index contributed by atoms with van der Waals surface area (Å²) in [5.41, 5.74) is 0. The highest BCUT2D eigenvalue weighted by atomic mass is 127. The highest BCUT2D eigenvalue weighted by Crippen LogP contribution is 2.14. The fourth-order valence-electron chi connectivity index (χ4n) is 2.71. The molecule has 2 rings (SSSR count). The van der Waals surface area contributed by atoms with Crippen molar-refractivity contribution >= 4 is 41.8 Å². The first kappa shape index (κ1) is 24.1. The molecule has 0 aromatic heterocycles. The van der Waals surface area contributed by atoms with E-state index in [0.29, 0.717) is 57.2 Å². The number of nitrogens with one attached hydrogen (secondary N) is 2. The van der Waals surface area contributed by atoms with Gasteiger partial charge < -0.3 is 15.4 Å². The van der Waals surface area contributed by atoms with E-state index in [1.807, 2.05) is 13.8 Å². The lowest BCUT2D eigenvalue weighted by Gasteiger charge is -2.25. The van der Waals surface area contributed by atoms with Crippen LogP contribution in [0.4, 0.5) is 4.39 Å². The van der Waals surface area contributed by atoms with Crippen LogP contribution in [0.5, 0.6) is 5.75 Å². The van der Waals surface area contributed by atoms with Gasteiger partial charge >= 0.3 is 0 Å². The van der Waals surface area contributed by atoms with Crippen molar-refractivity contribution in [3.05, 3.63) is 30.1 Å². The minimum atomic E-state index is -0.347. The second-order valence-corrected chi connectivity index (χ2v) is 6.32. The molecule has 2 N–H and O–H groups in total. The maximum Gasteiger partial charge on any atom is 0.229 e. The lowest BCUT2D eigenvalue weighted by atomic mass is 10.1. The lowest BCUT2D eigenvalue weighted by molar-refractivity contribution is -0.147. The largest absolute Gasteiger partial charge is 0.489 e. The summed E-state index contributed by atoms with van der Waals surface area (Å²) in [6, 6.07) is 5.98. The number of guanidine groups is 1. The summed E-state index contributed by atoms with van der Waals surface area (Å²) >= 11 is 0. The van der Waals surface area contributed by atoms with Gasteiger partial charge in [-0.25, -0.2) is 9.38 Å². The number of imide groups is 1. The van der Waals surface area contributed by atoms with Crippen LogP contribution in [-0.4, -0.2) is 55.0 Å². The van der Waals surface area contributed by atoms with Gasteiger partial charge in [0.2, 0.25) is 11.8 Å². The van der Waals surface area contributed by atoms with E-state index >= 15 is 0 Å². The molecule has 1 atom stereocenters. The summed E-state index contributed by atoms with van der Waals surface area (Å²) in [5, 5.41) is 6.22. The average Bonchev–Trinajstić information content (AvgIpc) is 2.62. The number of halogens is 2. The Balaban J connectivity index is 0.00000392. The van der Waals surface area contributed by atoms with E-state index in [-0.39, 0.29) is 47.7 Å². The maximum absolute atomic E-state index is 13.2. The van der Waals surface area contributed by atoms with Gasteiger partial charge in [0, 0.05) is 38.5 Å². The second-order valence-electron chi connectivity index (χ2n) is 6.32. The molecule has 1 aliphatic heterocycles. The molecule has 0 saturated carbocycles. The van der Waals surface area contributed by atoms with Crippen molar-refractivity contribution in [3.63, 3.8) is 0 Å². The first-order chi connectivity index (χ1) is 13.0. The van der Waals surface area contributed by atoms with Gasteiger partial charge in [0.15, 0.2) is 5.96 Å². The average molecular weight is 506 g/mol. The van der Waals surface area contributed by atoms with Crippen LogP contribution < -0.4 is 15.4 Å². The van der Waals surface area contributed by atoms with E-state index in [1.54, 1.807) is 12.1 Å². The zero-order valence-electron chi connectivity index (χ0n) is 16.2. The molecule has 0 aliphatic carbocycles. The van der Waals surface area contributed by atoms with Crippen molar-refractivity contribution < 1.29 is 18.7 Å². The SMILES string of the molecule is CCNC(=NCC(C)Oc1cccc(F)c1)NCCN1C(=O)CCCC1=O.I. The number of nitrogens with zero attached hydrogens (tertiary/aromatic N) is 2. The number of hydrogen-bond donors (Lipinski definition) is 2. The van der Waals surface area contributed by atoms with E-state index in [4.69, 9.17) is 4.74 Å². The minimum Gasteiger partial charge on any atom is -0.489 e. The van der Waals surface area contributed by atoms with Gasteiger partial charge in [-0.15, -0.1) is 24.0 Å². The molecular weight excluding hydrogens is 478 g/mol. The molecular formula is C19H28FIN4O3. The summed E-state index contributed by atoms with van der Waals surface area (Å²) in [6.07, 6.45) is 1.24. The van der Waals surface area contributed by atoms with Crippen LogP contribution in [0.1, 0.15) is 33.1 Å². The molecule has 7 nitrogen and oxygen atoms in total. The molecule has 9 heteroatoms. The Labute approximate surface area is 182 Å². The Morgan fingerprint density at radius 2 is 2.00 bits per heavy atom. The molecule has 1 aliphatic rings. The Hall–Kier alpha value is -1.91. The van der Waals surface area contributed by atoms with E-state index in [0.717, 1.165) is 0 Å². The highest BCUT2D eigenvalue weighted by Gasteiger charge is 2.25. The number of aliphatic imine (C=N–C) groups is 1. The molecule has 28 heavy (non-hydrogen) atoms. The fraction of sp³-hybridized carbons (Fsp3) is 0.526.